The van der Waals surface area contributed by atoms with E-state index in [-0.39, 0.29) is 5.63 Å². The van der Waals surface area contributed by atoms with E-state index in [0.717, 1.165) is 66.3 Å². The summed E-state index contributed by atoms with van der Waals surface area (Å²) in [5.41, 5.74) is 17.2. The molecule has 4 heteroatoms. The van der Waals surface area contributed by atoms with Crippen molar-refractivity contribution in [3.8, 4) is 67.0 Å². The van der Waals surface area contributed by atoms with Crippen molar-refractivity contribution < 1.29 is 4.42 Å². The van der Waals surface area contributed by atoms with E-state index in [4.69, 9.17) is 4.42 Å². The summed E-state index contributed by atoms with van der Waals surface area (Å²) < 4.78 is 10.8. The lowest BCUT2D eigenvalue weighted by molar-refractivity contribution is 0.563. The van der Waals surface area contributed by atoms with Crippen molar-refractivity contribution >= 4 is 54.6 Å². The summed E-state index contributed by atoms with van der Waals surface area (Å²) in [6.45, 7) is 0. The Morgan fingerprint density at radius 1 is 0.284 bits per heavy atom. The molecule has 67 heavy (non-hydrogen) atoms. The van der Waals surface area contributed by atoms with E-state index < -0.39 is 0 Å². The number of nitrogens with zero attached hydrogens (tertiary/aromatic N) is 2. The molecule has 314 valence electrons. The fraction of sp³-hybridized carbons (Fsp3) is 0. The summed E-state index contributed by atoms with van der Waals surface area (Å²) in [6, 6.07) is 85.3. The maximum atomic E-state index is 14.0. The molecular formula is C63H40N2O2. The maximum absolute atomic E-state index is 14.0. The molecule has 0 aliphatic rings. The number of hydrogen-bond donors (Lipinski definition) is 0. The lowest BCUT2D eigenvalue weighted by atomic mass is 10.0. The largest absolute Gasteiger partial charge is 0.422 e. The molecule has 0 aliphatic carbocycles. The van der Waals surface area contributed by atoms with Gasteiger partial charge in [0.15, 0.2) is 0 Å². The second-order valence-corrected chi connectivity index (χ2v) is 17.3. The van der Waals surface area contributed by atoms with E-state index in [1.165, 1.54) is 44.2 Å². The van der Waals surface area contributed by atoms with Gasteiger partial charge in [-0.1, -0.05) is 158 Å². The van der Waals surface area contributed by atoms with Gasteiger partial charge in [0, 0.05) is 44.4 Å². The van der Waals surface area contributed by atoms with E-state index in [1.807, 2.05) is 36.4 Å². The molecule has 0 amide bonds. The van der Waals surface area contributed by atoms with E-state index >= 15 is 0 Å². The molecule has 0 fully saturated rings. The highest BCUT2D eigenvalue weighted by atomic mass is 16.4. The summed E-state index contributed by atoms with van der Waals surface area (Å²) in [7, 11) is 0. The molecule has 0 aliphatic heterocycles. The van der Waals surface area contributed by atoms with Gasteiger partial charge < -0.3 is 13.6 Å². The Morgan fingerprint density at radius 3 is 1.01 bits per heavy atom. The Morgan fingerprint density at radius 2 is 0.627 bits per heavy atom. The van der Waals surface area contributed by atoms with Gasteiger partial charge in [0.1, 0.15) is 5.58 Å². The van der Waals surface area contributed by atoms with Gasteiger partial charge in [0.25, 0.3) is 0 Å². The van der Waals surface area contributed by atoms with Gasteiger partial charge in [-0.2, -0.15) is 0 Å². The van der Waals surface area contributed by atoms with Gasteiger partial charge in [-0.15, -0.1) is 0 Å². The third kappa shape index (κ3) is 6.57. The summed E-state index contributed by atoms with van der Waals surface area (Å²) in [4.78, 5) is 14.0. The van der Waals surface area contributed by atoms with Crippen molar-refractivity contribution in [2.45, 2.75) is 0 Å². The van der Waals surface area contributed by atoms with Crippen molar-refractivity contribution in [2.24, 2.45) is 0 Å². The first-order valence-corrected chi connectivity index (χ1v) is 22.7. The normalized spacial score (nSPS) is 11.6. The zero-order valence-corrected chi connectivity index (χ0v) is 36.3. The Labute approximate surface area is 386 Å². The van der Waals surface area contributed by atoms with Gasteiger partial charge in [-0.3, -0.25) is 0 Å². The summed E-state index contributed by atoms with van der Waals surface area (Å²) in [6.07, 6.45) is 0. The predicted molar refractivity (Wildman–Crippen MR) is 278 cm³/mol. The van der Waals surface area contributed by atoms with Crippen LogP contribution in [0.4, 0.5) is 0 Å². The fourth-order valence-corrected chi connectivity index (χ4v) is 10.1. The third-order valence-corrected chi connectivity index (χ3v) is 13.4. The monoisotopic (exact) mass is 856 g/mol. The molecule has 13 aromatic rings. The Balaban J connectivity index is 0.890. The van der Waals surface area contributed by atoms with Crippen LogP contribution in [0.2, 0.25) is 0 Å². The minimum Gasteiger partial charge on any atom is -0.422 e. The first-order chi connectivity index (χ1) is 33.1. The molecule has 13 rings (SSSR count). The van der Waals surface area contributed by atoms with Gasteiger partial charge in [-0.25, -0.2) is 4.79 Å². The average molecular weight is 857 g/mol. The van der Waals surface area contributed by atoms with Crippen molar-refractivity contribution in [3.63, 3.8) is 0 Å². The van der Waals surface area contributed by atoms with E-state index in [9.17, 15) is 4.79 Å². The zero-order chi connectivity index (χ0) is 44.4. The van der Waals surface area contributed by atoms with Crippen LogP contribution in [0.25, 0.3) is 122 Å². The second-order valence-electron chi connectivity index (χ2n) is 17.3. The molecule has 0 N–H and O–H groups in total. The van der Waals surface area contributed by atoms with Crippen LogP contribution in [0.5, 0.6) is 0 Å². The van der Waals surface area contributed by atoms with Gasteiger partial charge in [0.2, 0.25) is 0 Å². The zero-order valence-electron chi connectivity index (χ0n) is 36.3. The Kier molecular flexibility index (Phi) is 8.97. The van der Waals surface area contributed by atoms with Crippen LogP contribution in [-0.4, -0.2) is 9.13 Å². The molecule has 0 saturated heterocycles. The van der Waals surface area contributed by atoms with Gasteiger partial charge in [0.05, 0.1) is 27.6 Å². The second kappa shape index (κ2) is 15.6. The van der Waals surface area contributed by atoms with Crippen LogP contribution in [0.1, 0.15) is 0 Å². The summed E-state index contributed by atoms with van der Waals surface area (Å²) >= 11 is 0. The molecule has 0 unspecified atom stereocenters. The summed E-state index contributed by atoms with van der Waals surface area (Å²) in [5, 5.41) is 5.53. The summed E-state index contributed by atoms with van der Waals surface area (Å²) in [5.74, 6) is 0. The van der Waals surface area contributed by atoms with Crippen LogP contribution in [0.3, 0.4) is 0 Å². The van der Waals surface area contributed by atoms with E-state index in [1.54, 1.807) is 0 Å². The van der Waals surface area contributed by atoms with E-state index in [2.05, 4.69) is 215 Å². The van der Waals surface area contributed by atoms with Crippen molar-refractivity contribution in [1.82, 2.24) is 9.13 Å². The standard InChI is InChI=1S/C63H40N2O2/c66-63-53(45-21-28-51(29-22-45)64-58-31-24-46(41-13-5-1-6-14-41)35-54(58)55-36-47(25-32-59(55)64)42-15-7-2-8-16-42)39-50-23-30-52(40-62(50)67-63)65-60-33-26-48(43-17-9-3-10-18-43)37-56(60)57-38-49(27-34-61(57)65)44-19-11-4-12-20-44/h1-40H. The highest BCUT2D eigenvalue weighted by Gasteiger charge is 2.18. The quantitative estimate of drug-likeness (QED) is 0.150. The number of hydrogen-bond acceptors (Lipinski definition) is 2. The highest BCUT2D eigenvalue weighted by molar-refractivity contribution is 6.13. The lowest BCUT2D eigenvalue weighted by Crippen LogP contribution is -2.03. The molecule has 3 aromatic heterocycles. The number of fused-ring (bicyclic) bond motifs is 7. The first kappa shape index (κ1) is 38.5. The molecular weight excluding hydrogens is 817 g/mol. The van der Waals surface area contributed by atoms with Crippen LogP contribution in [-0.2, 0) is 0 Å². The molecule has 0 saturated carbocycles. The van der Waals surface area contributed by atoms with E-state index in [0.29, 0.717) is 11.1 Å². The van der Waals surface area contributed by atoms with Crippen LogP contribution >= 0.6 is 0 Å². The van der Waals surface area contributed by atoms with Gasteiger partial charge in [-0.05, 0) is 129 Å². The minimum absolute atomic E-state index is 0.377. The highest BCUT2D eigenvalue weighted by Crippen LogP contribution is 2.40. The number of rotatable bonds is 7. The van der Waals surface area contributed by atoms with Gasteiger partial charge >= 0.3 is 5.63 Å². The third-order valence-electron chi connectivity index (χ3n) is 13.4. The molecule has 4 nitrogen and oxygen atoms in total. The average Bonchev–Trinajstić information content (AvgIpc) is 3.90. The first-order valence-electron chi connectivity index (χ1n) is 22.7. The van der Waals surface area contributed by atoms with Crippen LogP contribution in [0.15, 0.2) is 252 Å². The van der Waals surface area contributed by atoms with Crippen LogP contribution < -0.4 is 5.63 Å². The molecule has 3 heterocycles. The molecule has 10 aromatic carbocycles. The van der Waals surface area contributed by atoms with Crippen molar-refractivity contribution in [2.75, 3.05) is 0 Å². The maximum Gasteiger partial charge on any atom is 0.344 e. The Bertz CT molecular complexity index is 3880. The molecule has 0 bridgehead atoms. The molecule has 0 atom stereocenters. The lowest BCUT2D eigenvalue weighted by Gasteiger charge is -2.11. The Hall–Kier alpha value is -8.99. The van der Waals surface area contributed by atoms with Crippen LogP contribution in [0, 0.1) is 0 Å². The SMILES string of the molecule is O=c1oc2cc(-n3c4ccc(-c5ccccc5)cc4c4cc(-c5ccccc5)ccc43)ccc2cc1-c1ccc(-n2c3ccc(-c4ccccc4)cc3c3cc(-c4ccccc4)ccc32)cc1. The minimum atomic E-state index is -0.377. The number of aromatic nitrogens is 2. The number of benzene rings is 10. The van der Waals surface area contributed by atoms with Crippen molar-refractivity contribution in [3.05, 3.63) is 253 Å². The molecule has 0 radical (unpaired) electrons. The fourth-order valence-electron chi connectivity index (χ4n) is 10.1. The smallest absolute Gasteiger partial charge is 0.344 e. The molecule has 0 spiro atoms. The van der Waals surface area contributed by atoms with Crippen molar-refractivity contribution in [1.29, 1.82) is 0 Å². The topological polar surface area (TPSA) is 40.1 Å². The predicted octanol–water partition coefficient (Wildman–Crippen LogP) is 16.3.